The Morgan fingerprint density at radius 1 is 1.14 bits per heavy atom. The van der Waals surface area contributed by atoms with Crippen LogP contribution in [-0.4, -0.2) is 30.8 Å². The minimum Gasteiger partial charge on any atom is -0.342 e. The fourth-order valence-electron chi connectivity index (χ4n) is 3.45. The molecule has 0 saturated carbocycles. The molecule has 6 heteroatoms. The molecule has 0 spiro atoms. The van der Waals surface area contributed by atoms with Crippen LogP contribution in [0.1, 0.15) is 63.5 Å². The highest BCUT2D eigenvalue weighted by Crippen LogP contribution is 2.40. The number of rotatable bonds is 4. The number of hydrogen-bond acceptors (Lipinski definition) is 5. The standard InChI is InChI=1S/C16H24N6/c1-6-12(7-2)22-13(8-3)16-20-19-11(5)21(16)14-9-17-10(4)18-15(14)22/h9,12-13H,6-8H2,1-5H3/t13-/m1/s1. The summed E-state index contributed by atoms with van der Waals surface area (Å²) in [5.41, 5.74) is 1.000. The van der Waals surface area contributed by atoms with Crippen LogP contribution < -0.4 is 4.90 Å². The van der Waals surface area contributed by atoms with Gasteiger partial charge in [-0.05, 0) is 33.1 Å². The second-order valence-electron chi connectivity index (χ2n) is 5.87. The van der Waals surface area contributed by atoms with Crippen molar-refractivity contribution in [2.24, 2.45) is 0 Å². The van der Waals surface area contributed by atoms with Crippen molar-refractivity contribution in [1.29, 1.82) is 0 Å². The summed E-state index contributed by atoms with van der Waals surface area (Å²) in [6.45, 7) is 10.6. The maximum absolute atomic E-state index is 4.77. The molecule has 0 unspecified atom stereocenters. The predicted octanol–water partition coefficient (Wildman–Crippen LogP) is 3.13. The molecule has 3 rings (SSSR count). The van der Waals surface area contributed by atoms with Gasteiger partial charge in [-0.3, -0.25) is 4.57 Å². The summed E-state index contributed by atoms with van der Waals surface area (Å²) in [6, 6.07) is 0.664. The highest BCUT2D eigenvalue weighted by Gasteiger charge is 2.37. The Balaban J connectivity index is 2.26. The van der Waals surface area contributed by atoms with Gasteiger partial charge in [0.15, 0.2) is 11.6 Å². The Kier molecular flexibility index (Phi) is 3.85. The van der Waals surface area contributed by atoms with Crippen molar-refractivity contribution >= 4 is 5.82 Å². The Morgan fingerprint density at radius 3 is 2.50 bits per heavy atom. The minimum absolute atomic E-state index is 0.216. The lowest BCUT2D eigenvalue weighted by Gasteiger charge is -2.41. The van der Waals surface area contributed by atoms with E-state index < -0.39 is 0 Å². The highest BCUT2D eigenvalue weighted by atomic mass is 15.4. The van der Waals surface area contributed by atoms with Crippen molar-refractivity contribution < 1.29 is 0 Å². The molecule has 2 aromatic heterocycles. The van der Waals surface area contributed by atoms with Gasteiger partial charge in [-0.25, -0.2) is 9.97 Å². The first-order valence-electron chi connectivity index (χ1n) is 8.16. The molecule has 2 aromatic rings. The molecule has 0 N–H and O–H groups in total. The molecule has 0 fully saturated rings. The van der Waals surface area contributed by atoms with Gasteiger partial charge in [-0.2, -0.15) is 0 Å². The molecule has 6 nitrogen and oxygen atoms in total. The average molecular weight is 300 g/mol. The quantitative estimate of drug-likeness (QED) is 0.868. The van der Waals surface area contributed by atoms with E-state index in [0.717, 1.165) is 48.2 Å². The van der Waals surface area contributed by atoms with Gasteiger partial charge in [0, 0.05) is 6.04 Å². The smallest absolute Gasteiger partial charge is 0.160 e. The summed E-state index contributed by atoms with van der Waals surface area (Å²) in [7, 11) is 0. The third-order valence-corrected chi connectivity index (χ3v) is 4.56. The number of aryl methyl sites for hydroxylation is 2. The van der Waals surface area contributed by atoms with Crippen molar-refractivity contribution in [2.75, 3.05) is 4.90 Å². The minimum atomic E-state index is 0.216. The summed E-state index contributed by atoms with van der Waals surface area (Å²) in [6.07, 6.45) is 5.06. The zero-order chi connectivity index (χ0) is 15.9. The largest absolute Gasteiger partial charge is 0.342 e. The lowest BCUT2D eigenvalue weighted by molar-refractivity contribution is 0.446. The molecule has 3 heterocycles. The molecule has 22 heavy (non-hydrogen) atoms. The fourth-order valence-corrected chi connectivity index (χ4v) is 3.45. The SMILES string of the molecule is CCC(CC)N1c2nc(C)ncc2-n2c(C)nnc2[C@H]1CC. The summed E-state index contributed by atoms with van der Waals surface area (Å²) >= 11 is 0. The van der Waals surface area contributed by atoms with Crippen LogP contribution in [0.5, 0.6) is 0 Å². The molecule has 1 atom stereocenters. The number of aromatic nitrogens is 5. The normalized spacial score (nSPS) is 16.8. The van der Waals surface area contributed by atoms with E-state index in [1.54, 1.807) is 0 Å². The van der Waals surface area contributed by atoms with E-state index in [1.807, 2.05) is 20.0 Å². The summed E-state index contributed by atoms with van der Waals surface area (Å²) in [5, 5.41) is 8.74. The van der Waals surface area contributed by atoms with Crippen LogP contribution in [0.2, 0.25) is 0 Å². The maximum Gasteiger partial charge on any atom is 0.160 e. The molecule has 0 radical (unpaired) electrons. The van der Waals surface area contributed by atoms with Gasteiger partial charge in [0.1, 0.15) is 17.3 Å². The van der Waals surface area contributed by atoms with Crippen molar-refractivity contribution in [3.05, 3.63) is 23.7 Å². The third kappa shape index (κ3) is 2.09. The van der Waals surface area contributed by atoms with E-state index in [4.69, 9.17) is 4.98 Å². The molecule has 0 aromatic carbocycles. The average Bonchev–Trinajstić information content (AvgIpc) is 2.90. The van der Waals surface area contributed by atoms with E-state index >= 15 is 0 Å². The lowest BCUT2D eigenvalue weighted by Crippen LogP contribution is -2.43. The van der Waals surface area contributed by atoms with Gasteiger partial charge in [0.2, 0.25) is 0 Å². The van der Waals surface area contributed by atoms with Crippen molar-refractivity contribution in [3.63, 3.8) is 0 Å². The monoisotopic (exact) mass is 300 g/mol. The first-order chi connectivity index (χ1) is 10.6. The Morgan fingerprint density at radius 2 is 1.86 bits per heavy atom. The van der Waals surface area contributed by atoms with Gasteiger partial charge < -0.3 is 4.90 Å². The Hall–Kier alpha value is -1.98. The van der Waals surface area contributed by atoms with Gasteiger partial charge in [0.05, 0.1) is 12.2 Å². The lowest BCUT2D eigenvalue weighted by atomic mass is 10.0. The van der Waals surface area contributed by atoms with Gasteiger partial charge in [-0.15, -0.1) is 10.2 Å². The number of nitrogens with zero attached hydrogens (tertiary/aromatic N) is 6. The van der Waals surface area contributed by atoms with E-state index in [2.05, 4.69) is 45.4 Å². The van der Waals surface area contributed by atoms with Gasteiger partial charge in [-0.1, -0.05) is 20.8 Å². The molecule has 0 bridgehead atoms. The summed E-state index contributed by atoms with van der Waals surface area (Å²) in [5.74, 6) is 3.72. The number of anilines is 1. The summed E-state index contributed by atoms with van der Waals surface area (Å²) in [4.78, 5) is 11.6. The second-order valence-corrected chi connectivity index (χ2v) is 5.87. The number of hydrogen-bond donors (Lipinski definition) is 0. The molecule has 0 amide bonds. The van der Waals surface area contributed by atoms with E-state index in [0.29, 0.717) is 6.04 Å². The molecule has 1 aliphatic rings. The highest BCUT2D eigenvalue weighted by molar-refractivity contribution is 5.62. The third-order valence-electron chi connectivity index (χ3n) is 4.56. The molecule has 118 valence electrons. The van der Waals surface area contributed by atoms with Crippen LogP contribution in [0.3, 0.4) is 0 Å². The molecular weight excluding hydrogens is 276 g/mol. The first kappa shape index (κ1) is 14.9. The second kappa shape index (κ2) is 5.66. The number of fused-ring (bicyclic) bond motifs is 3. The summed E-state index contributed by atoms with van der Waals surface area (Å²) < 4.78 is 2.11. The Labute approximate surface area is 131 Å². The molecule has 0 saturated heterocycles. The molecule has 1 aliphatic heterocycles. The predicted molar refractivity (Wildman–Crippen MR) is 86.3 cm³/mol. The van der Waals surface area contributed by atoms with Crippen LogP contribution in [-0.2, 0) is 0 Å². The van der Waals surface area contributed by atoms with Crippen LogP contribution in [0.4, 0.5) is 5.82 Å². The van der Waals surface area contributed by atoms with Crippen molar-refractivity contribution in [1.82, 2.24) is 24.7 Å². The van der Waals surface area contributed by atoms with E-state index in [-0.39, 0.29) is 6.04 Å². The van der Waals surface area contributed by atoms with Crippen molar-refractivity contribution in [3.8, 4) is 5.69 Å². The van der Waals surface area contributed by atoms with Gasteiger partial charge in [0.25, 0.3) is 0 Å². The Bertz CT molecular complexity index is 673. The van der Waals surface area contributed by atoms with E-state index in [9.17, 15) is 0 Å². The molecule has 0 aliphatic carbocycles. The topological polar surface area (TPSA) is 59.7 Å². The van der Waals surface area contributed by atoms with Crippen LogP contribution in [0.25, 0.3) is 5.69 Å². The van der Waals surface area contributed by atoms with Crippen LogP contribution >= 0.6 is 0 Å². The molecular formula is C16H24N6. The van der Waals surface area contributed by atoms with Gasteiger partial charge >= 0.3 is 0 Å². The fraction of sp³-hybridized carbons (Fsp3) is 0.625. The van der Waals surface area contributed by atoms with Crippen LogP contribution in [0.15, 0.2) is 6.20 Å². The van der Waals surface area contributed by atoms with E-state index in [1.165, 1.54) is 0 Å². The maximum atomic E-state index is 4.77. The zero-order valence-corrected chi connectivity index (χ0v) is 14.0. The first-order valence-corrected chi connectivity index (χ1v) is 8.16. The van der Waals surface area contributed by atoms with Crippen LogP contribution in [0, 0.1) is 13.8 Å². The van der Waals surface area contributed by atoms with Crippen molar-refractivity contribution in [2.45, 2.75) is 66.0 Å². The zero-order valence-electron chi connectivity index (χ0n) is 14.0.